The van der Waals surface area contributed by atoms with E-state index in [4.69, 9.17) is 9.57 Å². The molecule has 2 aromatic rings. The van der Waals surface area contributed by atoms with Gasteiger partial charge in [0.2, 0.25) is 5.91 Å². The lowest BCUT2D eigenvalue weighted by Gasteiger charge is -2.62. The molecular formula is C36H51N3O9S. The van der Waals surface area contributed by atoms with Gasteiger partial charge in [-0.3, -0.25) is 9.63 Å². The molecule has 0 aromatic heterocycles. The van der Waals surface area contributed by atoms with Crippen molar-refractivity contribution in [2.75, 3.05) is 44.2 Å². The topological polar surface area (TPSA) is 166 Å². The molecule has 4 aliphatic rings. The predicted molar refractivity (Wildman–Crippen MR) is 186 cm³/mol. The number of nitrogens with one attached hydrogen (secondary N) is 1. The van der Waals surface area contributed by atoms with Crippen molar-refractivity contribution in [3.63, 3.8) is 0 Å². The van der Waals surface area contributed by atoms with Crippen molar-refractivity contribution in [1.82, 2.24) is 10.4 Å². The second-order valence-corrected chi connectivity index (χ2v) is 17.1. The summed E-state index contributed by atoms with van der Waals surface area (Å²) in [4.78, 5) is 34.1. The molecule has 8 atom stereocenters. The number of hydroxylamine groups is 2. The van der Waals surface area contributed by atoms with Crippen LogP contribution < -0.4 is 15.0 Å². The molecule has 2 bridgehead atoms. The van der Waals surface area contributed by atoms with Crippen LogP contribution in [0.5, 0.6) is 5.75 Å². The summed E-state index contributed by atoms with van der Waals surface area (Å²) < 4.78 is 29.5. The molecule has 3 aliphatic carbocycles. The van der Waals surface area contributed by atoms with E-state index in [1.807, 2.05) is 6.07 Å². The lowest BCUT2D eigenvalue weighted by atomic mass is 9.45. The zero-order chi connectivity index (χ0) is 36.0. The number of carbonyl (C=O) groups is 2. The fraction of sp³-hybridized carbons (Fsp3) is 0.611. The smallest absolute Gasteiger partial charge is 0.335 e. The summed E-state index contributed by atoms with van der Waals surface area (Å²) in [5.74, 6) is -0.391. The van der Waals surface area contributed by atoms with Crippen LogP contribution in [0.3, 0.4) is 0 Å². The van der Waals surface area contributed by atoms with Gasteiger partial charge in [0.25, 0.3) is 0 Å². The number of aliphatic hydroxyl groups excluding tert-OH is 2. The molecule has 2 aromatic carbocycles. The Hall–Kier alpha value is -3.23. The number of para-hydroxylation sites is 1. The number of carboxylic acid groups (broad SMARTS) is 1. The van der Waals surface area contributed by atoms with Gasteiger partial charge in [-0.15, -0.1) is 0 Å². The summed E-state index contributed by atoms with van der Waals surface area (Å²) >= 11 is 0. The quantitative estimate of drug-likeness (QED) is 0.242. The Labute approximate surface area is 289 Å². The molecule has 4 fully saturated rings. The van der Waals surface area contributed by atoms with Crippen LogP contribution in [0, 0.1) is 29.1 Å². The molecule has 12 nitrogen and oxygen atoms in total. The molecular weight excluding hydrogens is 650 g/mol. The number of carbonyl (C=O) groups excluding carboxylic acids is 1. The van der Waals surface area contributed by atoms with Gasteiger partial charge in [-0.05, 0) is 66.7 Å². The van der Waals surface area contributed by atoms with Crippen molar-refractivity contribution >= 4 is 27.4 Å². The highest BCUT2D eigenvalue weighted by molar-refractivity contribution is 7.90. The number of hydrogen-bond acceptors (Lipinski definition) is 10. The Morgan fingerprint density at radius 3 is 2.49 bits per heavy atom. The van der Waals surface area contributed by atoms with Crippen molar-refractivity contribution < 1.29 is 42.9 Å². The first kappa shape index (κ1) is 37.0. The van der Waals surface area contributed by atoms with Gasteiger partial charge in [0.15, 0.2) is 0 Å². The van der Waals surface area contributed by atoms with E-state index in [0.717, 1.165) is 12.7 Å². The number of aromatic carboxylic acids is 1. The molecule has 270 valence electrons. The summed E-state index contributed by atoms with van der Waals surface area (Å²) in [5.41, 5.74) is 2.57. The summed E-state index contributed by atoms with van der Waals surface area (Å²) in [6.45, 7) is 8.27. The number of benzene rings is 2. The monoisotopic (exact) mass is 701 g/mol. The van der Waals surface area contributed by atoms with Gasteiger partial charge in [0, 0.05) is 48.6 Å². The highest BCUT2D eigenvalue weighted by Crippen LogP contribution is 2.61. The average molecular weight is 702 g/mol. The summed E-state index contributed by atoms with van der Waals surface area (Å²) in [6.07, 6.45) is 1.47. The number of methoxy groups -OCH3 is 1. The molecule has 0 spiro atoms. The minimum absolute atomic E-state index is 0.00177. The number of sulfone groups is 1. The van der Waals surface area contributed by atoms with Crippen molar-refractivity contribution in [1.29, 1.82) is 0 Å². The normalized spacial score (nSPS) is 28.4. The maximum absolute atomic E-state index is 14.1. The SMILES string of the molecule is COc1c(CN2O[C@@H](CO)C(C(C)O)[C@H]2C(=O)N[C@H]2C[C@H]3C[C@@H]([C@@H]2C)C3(C)C)cccc1-c1cc(C(=O)O)cc(N(C)CCS(C)(=O)=O)c1. The van der Waals surface area contributed by atoms with Crippen molar-refractivity contribution in [2.24, 2.45) is 29.1 Å². The Bertz CT molecular complexity index is 1660. The van der Waals surface area contributed by atoms with Crippen molar-refractivity contribution in [3.05, 3.63) is 47.5 Å². The summed E-state index contributed by atoms with van der Waals surface area (Å²) in [7, 11) is -0.0349. The zero-order valence-corrected chi connectivity index (χ0v) is 30.2. The molecule has 1 saturated heterocycles. The highest BCUT2D eigenvalue weighted by Gasteiger charge is 2.57. The van der Waals surface area contributed by atoms with Crippen LogP contribution in [0.1, 0.15) is 56.5 Å². The van der Waals surface area contributed by atoms with Crippen molar-refractivity contribution in [2.45, 2.75) is 71.4 Å². The molecule has 13 heteroatoms. The first-order chi connectivity index (χ1) is 23.0. The van der Waals surface area contributed by atoms with E-state index < -0.39 is 40.0 Å². The van der Waals surface area contributed by atoms with Gasteiger partial charge >= 0.3 is 5.97 Å². The molecule has 0 radical (unpaired) electrons. The third-order valence-corrected chi connectivity index (χ3v) is 12.3. The fourth-order valence-corrected chi connectivity index (χ4v) is 8.98. The number of nitrogens with zero attached hydrogens (tertiary/aromatic N) is 2. The molecule has 1 amide bonds. The minimum Gasteiger partial charge on any atom is -0.496 e. The number of fused-ring (bicyclic) bond motifs is 2. The van der Waals surface area contributed by atoms with E-state index in [0.29, 0.717) is 45.9 Å². The van der Waals surface area contributed by atoms with Crippen LogP contribution >= 0.6 is 0 Å². The number of aliphatic hydroxyl groups is 2. The zero-order valence-electron chi connectivity index (χ0n) is 29.4. The molecule has 2 unspecified atom stereocenters. The number of amides is 1. The first-order valence-corrected chi connectivity index (χ1v) is 19.0. The number of anilines is 1. The van der Waals surface area contributed by atoms with E-state index >= 15 is 0 Å². The molecule has 49 heavy (non-hydrogen) atoms. The summed E-state index contributed by atoms with van der Waals surface area (Å²) in [5, 5.41) is 35.8. The second kappa shape index (κ2) is 14.2. The van der Waals surface area contributed by atoms with Gasteiger partial charge in [0.05, 0.1) is 37.7 Å². The summed E-state index contributed by atoms with van der Waals surface area (Å²) in [6, 6.07) is 9.33. The third kappa shape index (κ3) is 7.46. The van der Waals surface area contributed by atoms with E-state index in [2.05, 4.69) is 26.1 Å². The molecule has 3 saturated carbocycles. The maximum atomic E-state index is 14.1. The standard InChI is InChI=1S/C36H51N3O9S/c1-20-28-16-25(36(28,3)4)17-29(20)37-34(42)32-31(21(2)41)30(19-40)48-39(32)18-22-9-8-10-27(33(22)47-6)23-13-24(35(43)44)15-26(14-23)38(5)11-12-49(7,45)46/h8-10,13-15,20-21,25,28-32,40-41H,11-12,16-19H2,1-7H3,(H,37,42)(H,43,44)/t20-,21?,25+,28-,29-,30-,31?,32-/m0/s1. The minimum atomic E-state index is -3.24. The predicted octanol–water partition coefficient (Wildman–Crippen LogP) is 3.20. The van der Waals surface area contributed by atoms with Crippen LogP contribution in [0.4, 0.5) is 5.69 Å². The second-order valence-electron chi connectivity index (χ2n) is 14.9. The molecule has 4 N–H and O–H groups in total. The maximum Gasteiger partial charge on any atom is 0.335 e. The Morgan fingerprint density at radius 1 is 1.20 bits per heavy atom. The number of rotatable bonds is 13. The van der Waals surface area contributed by atoms with E-state index in [1.165, 1.54) is 30.7 Å². The Morgan fingerprint density at radius 2 is 1.92 bits per heavy atom. The highest BCUT2D eigenvalue weighted by atomic mass is 32.2. The van der Waals surface area contributed by atoms with Crippen LogP contribution in [0.15, 0.2) is 36.4 Å². The molecule has 1 heterocycles. The van der Waals surface area contributed by atoms with Crippen LogP contribution in [0.2, 0.25) is 0 Å². The molecule has 1 aliphatic heterocycles. The number of ether oxygens (including phenoxy) is 1. The van der Waals surface area contributed by atoms with E-state index in [-0.39, 0.29) is 48.4 Å². The van der Waals surface area contributed by atoms with Gasteiger partial charge < -0.3 is 30.3 Å². The van der Waals surface area contributed by atoms with Gasteiger partial charge in [-0.25, -0.2) is 13.2 Å². The molecule has 6 rings (SSSR count). The number of hydrogen-bond donors (Lipinski definition) is 4. The van der Waals surface area contributed by atoms with Crippen LogP contribution in [-0.2, 0) is 26.0 Å². The fourth-order valence-electron chi connectivity index (χ4n) is 8.37. The third-order valence-electron chi connectivity index (χ3n) is 11.4. The van der Waals surface area contributed by atoms with Gasteiger partial charge in [0.1, 0.15) is 27.7 Å². The lowest BCUT2D eigenvalue weighted by Crippen LogP contribution is -2.62. The van der Waals surface area contributed by atoms with Gasteiger partial charge in [-0.2, -0.15) is 5.06 Å². The van der Waals surface area contributed by atoms with Crippen molar-refractivity contribution in [3.8, 4) is 16.9 Å². The Balaban J connectivity index is 1.46. The average Bonchev–Trinajstić information content (AvgIpc) is 3.42. The first-order valence-electron chi connectivity index (χ1n) is 16.9. The van der Waals surface area contributed by atoms with Crippen LogP contribution in [-0.4, -0.2) is 104 Å². The lowest BCUT2D eigenvalue weighted by molar-refractivity contribution is -0.183. The largest absolute Gasteiger partial charge is 0.496 e. The van der Waals surface area contributed by atoms with E-state index in [9.17, 15) is 33.3 Å². The van der Waals surface area contributed by atoms with Gasteiger partial charge in [-0.1, -0.05) is 39.0 Å². The van der Waals surface area contributed by atoms with E-state index in [1.54, 1.807) is 37.1 Å². The Kier molecular flexibility index (Phi) is 10.7. The van der Waals surface area contributed by atoms with Crippen LogP contribution in [0.25, 0.3) is 11.1 Å². The number of carboxylic acids is 1.